The molecule has 1 aliphatic rings. The van der Waals surface area contributed by atoms with Crippen molar-refractivity contribution < 1.29 is 4.79 Å². The number of rotatable bonds is 3. The fourth-order valence-corrected chi connectivity index (χ4v) is 3.42. The van der Waals surface area contributed by atoms with Gasteiger partial charge < -0.3 is 4.90 Å². The number of ketones is 1. The van der Waals surface area contributed by atoms with E-state index in [1.165, 1.54) is 6.20 Å². The number of carbonyl (C=O) groups excluding carboxylic acids is 1. The number of nitriles is 1. The molecule has 1 aromatic heterocycles. The highest BCUT2D eigenvalue weighted by Crippen LogP contribution is 2.32. The zero-order valence-electron chi connectivity index (χ0n) is 14.0. The van der Waals surface area contributed by atoms with E-state index in [1.807, 2.05) is 11.8 Å². The molecule has 26 heavy (non-hydrogen) atoms. The molecule has 2 heterocycles. The first-order valence-corrected chi connectivity index (χ1v) is 9.15. The van der Waals surface area contributed by atoms with Crippen LogP contribution >= 0.6 is 34.8 Å². The van der Waals surface area contributed by atoms with E-state index in [0.29, 0.717) is 18.9 Å². The lowest BCUT2D eigenvalue weighted by atomic mass is 9.82. The lowest BCUT2D eigenvalue weighted by Gasteiger charge is -2.35. The molecule has 0 atom stereocenters. The lowest BCUT2D eigenvalue weighted by Crippen LogP contribution is -2.38. The normalized spacial score (nSPS) is 16.2. The van der Waals surface area contributed by atoms with E-state index in [4.69, 9.17) is 34.8 Å². The molecule has 1 aromatic carbocycles. The molecule has 8 heteroatoms. The fourth-order valence-electron chi connectivity index (χ4n) is 2.81. The molecule has 1 aliphatic heterocycles. The Labute approximate surface area is 166 Å². The monoisotopic (exact) mass is 408 g/mol. The Hall–Kier alpha value is -1.87. The van der Waals surface area contributed by atoms with Gasteiger partial charge in [0.1, 0.15) is 11.5 Å². The Morgan fingerprint density at radius 2 is 1.96 bits per heavy atom. The van der Waals surface area contributed by atoms with Crippen LogP contribution < -0.4 is 4.90 Å². The molecule has 0 aliphatic carbocycles. The Bertz CT molecular complexity index is 902. The number of halogens is 3. The van der Waals surface area contributed by atoms with Crippen molar-refractivity contribution in [3.63, 3.8) is 0 Å². The van der Waals surface area contributed by atoms with Crippen LogP contribution in [0.2, 0.25) is 15.2 Å². The maximum Gasteiger partial charge on any atom is 0.216 e. The third kappa shape index (κ3) is 3.64. The third-order valence-electron chi connectivity index (χ3n) is 4.59. The van der Waals surface area contributed by atoms with Crippen LogP contribution in [0.3, 0.4) is 0 Å². The van der Waals surface area contributed by atoms with Gasteiger partial charge in [-0.15, -0.1) is 0 Å². The molecule has 5 nitrogen and oxygen atoms in total. The van der Waals surface area contributed by atoms with E-state index in [1.54, 1.807) is 18.2 Å². The van der Waals surface area contributed by atoms with Gasteiger partial charge in [-0.05, 0) is 31.9 Å². The molecule has 0 bridgehead atoms. The summed E-state index contributed by atoms with van der Waals surface area (Å²) in [6, 6.07) is 7.16. The minimum absolute atomic E-state index is 0.0113. The van der Waals surface area contributed by atoms with Gasteiger partial charge in [-0.3, -0.25) is 4.79 Å². The second kappa shape index (κ2) is 7.40. The molecule has 2 aromatic rings. The van der Waals surface area contributed by atoms with Gasteiger partial charge in [0.05, 0.1) is 27.7 Å². The number of carbonyl (C=O) groups is 1. The molecule has 0 saturated carbocycles. The van der Waals surface area contributed by atoms with Crippen molar-refractivity contribution in [2.24, 2.45) is 5.41 Å². The number of benzene rings is 1. The van der Waals surface area contributed by atoms with Crippen LogP contribution in [0.4, 0.5) is 5.82 Å². The molecule has 134 valence electrons. The Balaban J connectivity index is 1.84. The molecule has 0 spiro atoms. The second-order valence-corrected chi connectivity index (χ2v) is 7.60. The highest BCUT2D eigenvalue weighted by atomic mass is 35.5. The molecule has 0 N–H and O–H groups in total. The maximum absolute atomic E-state index is 12.7. The number of aromatic nitrogens is 2. The molecule has 0 radical (unpaired) electrons. The van der Waals surface area contributed by atoms with E-state index in [-0.39, 0.29) is 31.9 Å². The van der Waals surface area contributed by atoms with Crippen LogP contribution in [-0.4, -0.2) is 28.8 Å². The van der Waals surface area contributed by atoms with Crippen LogP contribution in [0.15, 0.2) is 24.4 Å². The second-order valence-electron chi connectivity index (χ2n) is 6.46. The van der Waals surface area contributed by atoms with Gasteiger partial charge in [-0.2, -0.15) is 5.26 Å². The van der Waals surface area contributed by atoms with Gasteiger partial charge in [-0.25, -0.2) is 9.97 Å². The summed E-state index contributed by atoms with van der Waals surface area (Å²) in [5.41, 5.74) is -0.0585. The summed E-state index contributed by atoms with van der Waals surface area (Å²) < 4.78 is 0. The SMILES string of the molecule is CC1(C#N)CCN(c2cnc(C(=O)c3cccc(Cl)c3Cl)c(Cl)n2)CC1. The highest BCUT2D eigenvalue weighted by molar-refractivity contribution is 6.44. The summed E-state index contributed by atoms with van der Waals surface area (Å²) in [5.74, 6) is 0.154. The van der Waals surface area contributed by atoms with Crippen molar-refractivity contribution in [3.8, 4) is 6.07 Å². The van der Waals surface area contributed by atoms with Crippen LogP contribution in [0.1, 0.15) is 35.8 Å². The molecule has 3 rings (SSSR count). The molecule has 0 unspecified atom stereocenters. The van der Waals surface area contributed by atoms with E-state index in [0.717, 1.165) is 12.8 Å². The van der Waals surface area contributed by atoms with Gasteiger partial charge in [0.25, 0.3) is 0 Å². The number of nitrogens with zero attached hydrogens (tertiary/aromatic N) is 4. The highest BCUT2D eigenvalue weighted by Gasteiger charge is 2.31. The molecular weight excluding hydrogens is 395 g/mol. The van der Waals surface area contributed by atoms with Crippen molar-refractivity contribution in [2.75, 3.05) is 18.0 Å². The van der Waals surface area contributed by atoms with Crippen LogP contribution in [0.5, 0.6) is 0 Å². The number of piperidine rings is 1. The largest absolute Gasteiger partial charge is 0.355 e. The molecule has 1 fully saturated rings. The summed E-state index contributed by atoms with van der Waals surface area (Å²) in [4.78, 5) is 23.2. The smallest absolute Gasteiger partial charge is 0.216 e. The Morgan fingerprint density at radius 3 is 2.58 bits per heavy atom. The standard InChI is InChI=1S/C18H15Cl3N4O/c1-18(10-22)5-7-25(8-6-18)13-9-23-15(17(21)24-13)16(26)11-3-2-4-12(19)14(11)20/h2-4,9H,5-8H2,1H3. The van der Waals surface area contributed by atoms with E-state index in [2.05, 4.69) is 16.0 Å². The zero-order chi connectivity index (χ0) is 18.9. The minimum atomic E-state index is -0.433. The molecular formula is C18H15Cl3N4O. The third-order valence-corrected chi connectivity index (χ3v) is 5.67. The van der Waals surface area contributed by atoms with E-state index >= 15 is 0 Å². The van der Waals surface area contributed by atoms with E-state index in [9.17, 15) is 10.1 Å². The van der Waals surface area contributed by atoms with Gasteiger partial charge in [0.15, 0.2) is 5.15 Å². The lowest BCUT2D eigenvalue weighted by molar-refractivity contribution is 0.103. The molecule has 1 saturated heterocycles. The number of hydrogen-bond donors (Lipinski definition) is 0. The van der Waals surface area contributed by atoms with Gasteiger partial charge in [0.2, 0.25) is 5.78 Å². The van der Waals surface area contributed by atoms with Gasteiger partial charge in [0, 0.05) is 18.7 Å². The van der Waals surface area contributed by atoms with Gasteiger partial charge >= 0.3 is 0 Å². The van der Waals surface area contributed by atoms with Crippen LogP contribution in [-0.2, 0) is 0 Å². The van der Waals surface area contributed by atoms with Crippen LogP contribution in [0, 0.1) is 16.7 Å². The summed E-state index contributed by atoms with van der Waals surface area (Å²) >= 11 is 18.3. The van der Waals surface area contributed by atoms with E-state index < -0.39 is 5.78 Å². The van der Waals surface area contributed by atoms with Crippen molar-refractivity contribution in [3.05, 3.63) is 50.9 Å². The predicted molar refractivity (Wildman–Crippen MR) is 102 cm³/mol. The van der Waals surface area contributed by atoms with Gasteiger partial charge in [-0.1, -0.05) is 40.9 Å². The Kier molecular flexibility index (Phi) is 5.38. The minimum Gasteiger partial charge on any atom is -0.355 e. The van der Waals surface area contributed by atoms with Crippen LogP contribution in [0.25, 0.3) is 0 Å². The number of hydrogen-bond acceptors (Lipinski definition) is 5. The first-order chi connectivity index (χ1) is 12.3. The zero-order valence-corrected chi connectivity index (χ0v) is 16.2. The van der Waals surface area contributed by atoms with Crippen molar-refractivity contribution >= 4 is 46.4 Å². The predicted octanol–water partition coefficient (Wildman–Crippen LogP) is 4.80. The fraction of sp³-hybridized carbons (Fsp3) is 0.333. The quantitative estimate of drug-likeness (QED) is 0.681. The first kappa shape index (κ1) is 18.9. The maximum atomic E-state index is 12.7. The average Bonchev–Trinajstić information content (AvgIpc) is 2.64. The first-order valence-electron chi connectivity index (χ1n) is 8.02. The summed E-state index contributed by atoms with van der Waals surface area (Å²) in [5, 5.41) is 9.68. The number of anilines is 1. The summed E-state index contributed by atoms with van der Waals surface area (Å²) in [7, 11) is 0. The van der Waals surface area contributed by atoms with Crippen molar-refractivity contribution in [1.82, 2.24) is 9.97 Å². The summed E-state index contributed by atoms with van der Waals surface area (Å²) in [6.07, 6.45) is 3.00. The molecule has 0 amide bonds. The van der Waals surface area contributed by atoms with Crippen molar-refractivity contribution in [1.29, 1.82) is 5.26 Å². The summed E-state index contributed by atoms with van der Waals surface area (Å²) in [6.45, 7) is 3.32. The Morgan fingerprint density at radius 1 is 1.27 bits per heavy atom. The average molecular weight is 410 g/mol. The topological polar surface area (TPSA) is 69.9 Å². The van der Waals surface area contributed by atoms with Crippen molar-refractivity contribution in [2.45, 2.75) is 19.8 Å².